The number of aromatic nitrogens is 1. The minimum absolute atomic E-state index is 0.0353. The summed E-state index contributed by atoms with van der Waals surface area (Å²) in [6.45, 7) is 1.82. The van der Waals surface area contributed by atoms with Crippen molar-refractivity contribution < 1.29 is 14.6 Å². The third-order valence-electron chi connectivity index (χ3n) is 2.09. The Balaban J connectivity index is 2.82. The van der Waals surface area contributed by atoms with Crippen molar-refractivity contribution in [3.8, 4) is 0 Å². The smallest absolute Gasteiger partial charge is 0.308 e. The number of esters is 1. The number of thiazole rings is 1. The lowest BCUT2D eigenvalue weighted by atomic mass is 10.2. The van der Waals surface area contributed by atoms with E-state index in [4.69, 9.17) is 0 Å². The van der Waals surface area contributed by atoms with E-state index in [-0.39, 0.29) is 6.42 Å². The van der Waals surface area contributed by atoms with E-state index in [0.717, 1.165) is 10.8 Å². The van der Waals surface area contributed by atoms with Crippen LogP contribution in [0.1, 0.15) is 23.1 Å². The normalized spacial score (nSPS) is 12.3. The van der Waals surface area contributed by atoms with Crippen LogP contribution in [-0.2, 0) is 9.53 Å². The van der Waals surface area contributed by atoms with Gasteiger partial charge in [-0.05, 0) is 6.92 Å². The number of hydrogen-bond acceptors (Lipinski definition) is 6. The Kier molecular flexibility index (Phi) is 4.26. The first-order valence-electron chi connectivity index (χ1n) is 4.85. The average Bonchev–Trinajstić information content (AvgIpc) is 2.60. The number of aliphatic hydroxyl groups is 1. The number of rotatable bonds is 4. The van der Waals surface area contributed by atoms with Crippen LogP contribution < -0.4 is 4.90 Å². The number of methoxy groups -OCH3 is 1. The highest BCUT2D eigenvalue weighted by Crippen LogP contribution is 2.31. The van der Waals surface area contributed by atoms with E-state index in [1.54, 1.807) is 0 Å². The Morgan fingerprint density at radius 1 is 1.62 bits per heavy atom. The van der Waals surface area contributed by atoms with Gasteiger partial charge in [-0.25, -0.2) is 4.98 Å². The molecule has 0 aromatic carbocycles. The van der Waals surface area contributed by atoms with Gasteiger partial charge in [0.15, 0.2) is 5.13 Å². The van der Waals surface area contributed by atoms with Gasteiger partial charge in [0.25, 0.3) is 0 Å². The molecule has 1 N–H and O–H groups in total. The number of hydrogen-bond donors (Lipinski definition) is 1. The molecule has 5 nitrogen and oxygen atoms in total. The highest BCUT2D eigenvalue weighted by atomic mass is 32.1. The Hall–Kier alpha value is -1.14. The third-order valence-corrected chi connectivity index (χ3v) is 3.52. The van der Waals surface area contributed by atoms with Crippen LogP contribution in [0.2, 0.25) is 0 Å². The number of ether oxygens (including phenoxy) is 1. The number of aryl methyl sites for hydroxylation is 1. The Bertz CT molecular complexity index is 376. The maximum atomic E-state index is 11.0. The summed E-state index contributed by atoms with van der Waals surface area (Å²) >= 11 is 1.39. The van der Waals surface area contributed by atoms with E-state index in [1.165, 1.54) is 18.4 Å². The van der Waals surface area contributed by atoms with Crippen molar-refractivity contribution >= 4 is 22.4 Å². The molecule has 0 aliphatic heterocycles. The second-order valence-corrected chi connectivity index (χ2v) is 4.65. The molecule has 0 fully saturated rings. The van der Waals surface area contributed by atoms with Crippen LogP contribution in [-0.4, -0.2) is 37.3 Å². The van der Waals surface area contributed by atoms with E-state index < -0.39 is 12.1 Å². The van der Waals surface area contributed by atoms with Gasteiger partial charge < -0.3 is 14.7 Å². The van der Waals surface area contributed by atoms with Crippen molar-refractivity contribution in [1.29, 1.82) is 0 Å². The standard InChI is InChI=1S/C10H16N2O3S/c1-6-9(7(13)5-8(14)15-4)16-10(11-6)12(2)3/h7,13H,5H2,1-4H3/t7-/m1/s1. The monoisotopic (exact) mass is 244 g/mol. The van der Waals surface area contributed by atoms with Gasteiger partial charge in [0.2, 0.25) is 0 Å². The van der Waals surface area contributed by atoms with Crippen molar-refractivity contribution in [2.24, 2.45) is 0 Å². The topological polar surface area (TPSA) is 62.7 Å². The summed E-state index contributed by atoms with van der Waals surface area (Å²) in [6.07, 6.45) is -0.870. The summed E-state index contributed by atoms with van der Waals surface area (Å²) in [4.78, 5) is 17.9. The first-order valence-corrected chi connectivity index (χ1v) is 5.67. The van der Waals surface area contributed by atoms with Crippen LogP contribution >= 0.6 is 11.3 Å². The van der Waals surface area contributed by atoms with Crippen molar-refractivity contribution in [1.82, 2.24) is 4.98 Å². The van der Waals surface area contributed by atoms with Gasteiger partial charge in [0.1, 0.15) is 6.10 Å². The molecule has 0 saturated carbocycles. The molecule has 90 valence electrons. The molecule has 0 spiro atoms. The maximum Gasteiger partial charge on any atom is 0.308 e. The van der Waals surface area contributed by atoms with Crippen molar-refractivity contribution in [2.75, 3.05) is 26.1 Å². The quantitative estimate of drug-likeness (QED) is 0.804. The number of carbonyl (C=O) groups excluding carboxylic acids is 1. The zero-order chi connectivity index (χ0) is 12.3. The molecular weight excluding hydrogens is 228 g/mol. The number of nitrogens with zero attached hydrogens (tertiary/aromatic N) is 2. The van der Waals surface area contributed by atoms with E-state index in [9.17, 15) is 9.90 Å². The lowest BCUT2D eigenvalue weighted by molar-refractivity contribution is -0.142. The van der Waals surface area contributed by atoms with Crippen LogP contribution in [0.4, 0.5) is 5.13 Å². The molecule has 0 aliphatic rings. The third kappa shape index (κ3) is 2.93. The highest BCUT2D eigenvalue weighted by molar-refractivity contribution is 7.15. The zero-order valence-corrected chi connectivity index (χ0v) is 10.7. The molecule has 0 radical (unpaired) electrons. The first-order chi connectivity index (χ1) is 7.45. The van der Waals surface area contributed by atoms with Gasteiger partial charge in [0, 0.05) is 14.1 Å². The minimum Gasteiger partial charge on any atom is -0.469 e. The van der Waals surface area contributed by atoms with Gasteiger partial charge in [-0.2, -0.15) is 0 Å². The predicted molar refractivity (Wildman–Crippen MR) is 62.8 cm³/mol. The SMILES string of the molecule is COC(=O)C[C@@H](O)c1sc(N(C)C)nc1C. The molecule has 0 bridgehead atoms. The fraction of sp³-hybridized carbons (Fsp3) is 0.600. The molecule has 1 aromatic heterocycles. The molecule has 6 heteroatoms. The van der Waals surface area contributed by atoms with E-state index in [2.05, 4.69) is 9.72 Å². The number of anilines is 1. The fourth-order valence-electron chi connectivity index (χ4n) is 1.23. The summed E-state index contributed by atoms with van der Waals surface area (Å²) in [5.74, 6) is -0.424. The van der Waals surface area contributed by atoms with Gasteiger partial charge >= 0.3 is 5.97 Å². The van der Waals surface area contributed by atoms with Crippen LogP contribution in [0.25, 0.3) is 0 Å². The van der Waals surface area contributed by atoms with E-state index in [1.807, 2.05) is 25.9 Å². The minimum atomic E-state index is -0.835. The fourth-order valence-corrected chi connectivity index (χ4v) is 2.20. The van der Waals surface area contributed by atoms with E-state index in [0.29, 0.717) is 4.88 Å². The molecule has 16 heavy (non-hydrogen) atoms. The molecule has 1 aromatic rings. The van der Waals surface area contributed by atoms with Crippen molar-refractivity contribution in [2.45, 2.75) is 19.4 Å². The van der Waals surface area contributed by atoms with Gasteiger partial charge in [0.05, 0.1) is 24.1 Å². The summed E-state index contributed by atoms with van der Waals surface area (Å²) in [5.41, 5.74) is 0.755. The van der Waals surface area contributed by atoms with Crippen LogP contribution in [0, 0.1) is 6.92 Å². The predicted octanol–water partition coefficient (Wildman–Crippen LogP) is 1.11. The van der Waals surface area contributed by atoms with Gasteiger partial charge in [-0.15, -0.1) is 0 Å². The largest absolute Gasteiger partial charge is 0.469 e. The Morgan fingerprint density at radius 2 is 2.25 bits per heavy atom. The van der Waals surface area contributed by atoms with E-state index >= 15 is 0 Å². The molecule has 1 heterocycles. The molecule has 0 unspecified atom stereocenters. The van der Waals surface area contributed by atoms with Crippen molar-refractivity contribution in [3.63, 3.8) is 0 Å². The molecule has 1 atom stereocenters. The second kappa shape index (κ2) is 5.27. The second-order valence-electron chi connectivity index (χ2n) is 3.64. The van der Waals surface area contributed by atoms with Crippen LogP contribution in [0.15, 0.2) is 0 Å². The lowest BCUT2D eigenvalue weighted by Gasteiger charge is -2.07. The number of carbonyl (C=O) groups is 1. The summed E-state index contributed by atoms with van der Waals surface area (Å²) in [6, 6.07) is 0. The summed E-state index contributed by atoms with van der Waals surface area (Å²) in [7, 11) is 5.07. The Labute approximate surface area is 98.7 Å². The summed E-state index contributed by atoms with van der Waals surface area (Å²) < 4.78 is 4.51. The average molecular weight is 244 g/mol. The number of aliphatic hydroxyl groups excluding tert-OH is 1. The maximum absolute atomic E-state index is 11.0. The van der Waals surface area contributed by atoms with Crippen LogP contribution in [0.5, 0.6) is 0 Å². The summed E-state index contributed by atoms with van der Waals surface area (Å²) in [5, 5.41) is 10.7. The molecule has 0 aliphatic carbocycles. The van der Waals surface area contributed by atoms with Crippen LogP contribution in [0.3, 0.4) is 0 Å². The van der Waals surface area contributed by atoms with Gasteiger partial charge in [-0.1, -0.05) is 11.3 Å². The van der Waals surface area contributed by atoms with Crippen molar-refractivity contribution in [3.05, 3.63) is 10.6 Å². The molecular formula is C10H16N2O3S. The molecule has 0 saturated heterocycles. The molecule has 0 amide bonds. The first kappa shape index (κ1) is 12.9. The lowest BCUT2D eigenvalue weighted by Crippen LogP contribution is -2.07. The molecule has 1 rings (SSSR count). The zero-order valence-electron chi connectivity index (χ0n) is 9.85. The Morgan fingerprint density at radius 3 is 2.69 bits per heavy atom. The van der Waals surface area contributed by atoms with Gasteiger partial charge in [-0.3, -0.25) is 4.79 Å². The highest BCUT2D eigenvalue weighted by Gasteiger charge is 2.19.